The van der Waals surface area contributed by atoms with Crippen LogP contribution in [-0.2, 0) is 11.3 Å². The van der Waals surface area contributed by atoms with E-state index in [1.165, 1.54) is 6.07 Å². The number of hydrogen-bond acceptors (Lipinski definition) is 6. The standard InChI is InChI=1S/C15H16O6/c1-8(2)4-5-10-12(20-9(3)21-18)6-13-14(15(10)17)11(16)7-19-13/h4,6-7,16-18H,3,5H2,1-2H3. The number of hydrogen-bond donors (Lipinski definition) is 3. The molecule has 0 aliphatic carbocycles. The molecule has 2 aromatic rings. The zero-order valence-electron chi connectivity index (χ0n) is 11.7. The summed E-state index contributed by atoms with van der Waals surface area (Å²) in [7, 11) is 0. The van der Waals surface area contributed by atoms with Crippen molar-refractivity contribution in [2.24, 2.45) is 0 Å². The Kier molecular flexibility index (Phi) is 4.09. The van der Waals surface area contributed by atoms with E-state index in [0.717, 1.165) is 11.8 Å². The molecular weight excluding hydrogens is 276 g/mol. The van der Waals surface area contributed by atoms with Crippen LogP contribution in [0.2, 0.25) is 0 Å². The first kappa shape index (κ1) is 14.8. The second kappa shape index (κ2) is 5.80. The van der Waals surface area contributed by atoms with Crippen molar-refractivity contribution >= 4 is 11.0 Å². The van der Waals surface area contributed by atoms with E-state index >= 15 is 0 Å². The Bertz CT molecular complexity index is 707. The van der Waals surface area contributed by atoms with Crippen molar-refractivity contribution in [2.75, 3.05) is 0 Å². The molecule has 21 heavy (non-hydrogen) atoms. The Morgan fingerprint density at radius 2 is 2.10 bits per heavy atom. The average molecular weight is 292 g/mol. The van der Waals surface area contributed by atoms with E-state index in [9.17, 15) is 10.2 Å². The van der Waals surface area contributed by atoms with Gasteiger partial charge < -0.3 is 24.3 Å². The molecule has 0 saturated carbocycles. The Hall–Kier alpha value is -2.60. The fourth-order valence-corrected chi connectivity index (χ4v) is 1.92. The molecule has 1 aromatic heterocycles. The van der Waals surface area contributed by atoms with Gasteiger partial charge in [-0.25, -0.2) is 0 Å². The molecule has 6 heteroatoms. The van der Waals surface area contributed by atoms with Crippen LogP contribution in [0.5, 0.6) is 17.2 Å². The number of allylic oxidation sites excluding steroid dienone is 2. The van der Waals surface area contributed by atoms with E-state index in [1.54, 1.807) is 0 Å². The molecule has 0 unspecified atom stereocenters. The van der Waals surface area contributed by atoms with Crippen molar-refractivity contribution in [3.8, 4) is 17.2 Å². The van der Waals surface area contributed by atoms with Crippen LogP contribution in [0.3, 0.4) is 0 Å². The predicted molar refractivity (Wildman–Crippen MR) is 76.2 cm³/mol. The topological polar surface area (TPSA) is 92.3 Å². The lowest BCUT2D eigenvalue weighted by molar-refractivity contribution is -0.230. The number of aromatic hydroxyl groups is 2. The van der Waals surface area contributed by atoms with Crippen molar-refractivity contribution < 1.29 is 29.5 Å². The van der Waals surface area contributed by atoms with Gasteiger partial charge in [-0.3, -0.25) is 0 Å². The lowest BCUT2D eigenvalue weighted by Crippen LogP contribution is -1.99. The number of benzene rings is 1. The number of phenols is 1. The summed E-state index contributed by atoms with van der Waals surface area (Å²) in [6.07, 6.45) is 3.37. The monoisotopic (exact) mass is 292 g/mol. The maximum atomic E-state index is 10.3. The first-order valence-electron chi connectivity index (χ1n) is 6.20. The van der Waals surface area contributed by atoms with Gasteiger partial charge in [0.1, 0.15) is 28.7 Å². The molecule has 6 nitrogen and oxygen atoms in total. The third-order valence-corrected chi connectivity index (χ3v) is 2.92. The van der Waals surface area contributed by atoms with Gasteiger partial charge in [-0.1, -0.05) is 11.6 Å². The molecule has 0 atom stereocenters. The van der Waals surface area contributed by atoms with Crippen LogP contribution in [0, 0.1) is 0 Å². The summed E-state index contributed by atoms with van der Waals surface area (Å²) < 4.78 is 10.4. The normalized spacial score (nSPS) is 10.4. The molecule has 1 heterocycles. The molecule has 2 rings (SSSR count). The highest BCUT2D eigenvalue weighted by atomic mass is 17.1. The van der Waals surface area contributed by atoms with E-state index in [2.05, 4.69) is 11.5 Å². The fourth-order valence-electron chi connectivity index (χ4n) is 1.92. The number of fused-ring (bicyclic) bond motifs is 1. The first-order valence-corrected chi connectivity index (χ1v) is 6.20. The minimum Gasteiger partial charge on any atom is -0.507 e. The first-order chi connectivity index (χ1) is 9.93. The third-order valence-electron chi connectivity index (χ3n) is 2.92. The number of furan rings is 1. The number of ether oxygens (including phenoxy) is 1. The van der Waals surface area contributed by atoms with E-state index < -0.39 is 0 Å². The summed E-state index contributed by atoms with van der Waals surface area (Å²) in [5.74, 6) is -0.449. The van der Waals surface area contributed by atoms with Crippen molar-refractivity contribution in [2.45, 2.75) is 20.3 Å². The molecule has 1 aromatic carbocycles. The molecule has 0 amide bonds. The van der Waals surface area contributed by atoms with Crippen LogP contribution < -0.4 is 4.74 Å². The minimum atomic E-state index is -0.344. The van der Waals surface area contributed by atoms with Crippen molar-refractivity contribution in [1.29, 1.82) is 0 Å². The van der Waals surface area contributed by atoms with Crippen LogP contribution in [-0.4, -0.2) is 15.5 Å². The summed E-state index contributed by atoms with van der Waals surface area (Å²) in [6, 6.07) is 1.48. The maximum absolute atomic E-state index is 10.3. The van der Waals surface area contributed by atoms with Gasteiger partial charge >= 0.3 is 5.95 Å². The third kappa shape index (κ3) is 2.95. The van der Waals surface area contributed by atoms with Gasteiger partial charge in [0.05, 0.1) is 0 Å². The molecule has 0 radical (unpaired) electrons. The summed E-state index contributed by atoms with van der Waals surface area (Å²) in [5.41, 5.74) is 1.71. The molecular formula is C15H16O6. The van der Waals surface area contributed by atoms with Gasteiger partial charge in [-0.15, -0.1) is 0 Å². The summed E-state index contributed by atoms with van der Waals surface area (Å²) in [4.78, 5) is 3.90. The average Bonchev–Trinajstić information content (AvgIpc) is 2.79. The van der Waals surface area contributed by atoms with Crippen molar-refractivity contribution in [1.82, 2.24) is 0 Å². The Labute approximate surface area is 121 Å². The summed E-state index contributed by atoms with van der Waals surface area (Å²) in [5, 5.41) is 28.8. The molecule has 0 aliphatic rings. The zero-order chi connectivity index (χ0) is 15.6. The molecule has 0 bridgehead atoms. The van der Waals surface area contributed by atoms with Crippen LogP contribution >= 0.6 is 0 Å². The van der Waals surface area contributed by atoms with E-state index in [0.29, 0.717) is 12.0 Å². The van der Waals surface area contributed by atoms with E-state index in [-0.39, 0.29) is 34.2 Å². The molecule has 0 aliphatic heterocycles. The van der Waals surface area contributed by atoms with Gasteiger partial charge in [0.25, 0.3) is 0 Å². The molecule has 0 spiro atoms. The Balaban J connectivity index is 2.60. The van der Waals surface area contributed by atoms with Gasteiger partial charge in [0, 0.05) is 11.6 Å². The molecule has 3 N–H and O–H groups in total. The van der Waals surface area contributed by atoms with Crippen LogP contribution in [0.4, 0.5) is 0 Å². The van der Waals surface area contributed by atoms with E-state index in [4.69, 9.17) is 14.4 Å². The number of rotatable bonds is 5. The highest BCUT2D eigenvalue weighted by Crippen LogP contribution is 2.42. The molecule has 0 saturated heterocycles. The lowest BCUT2D eigenvalue weighted by Gasteiger charge is -2.12. The highest BCUT2D eigenvalue weighted by Gasteiger charge is 2.19. The predicted octanol–water partition coefficient (Wildman–Crippen LogP) is 3.69. The molecule has 112 valence electrons. The van der Waals surface area contributed by atoms with Gasteiger partial charge in [-0.2, -0.15) is 5.26 Å². The highest BCUT2D eigenvalue weighted by molar-refractivity contribution is 5.92. The van der Waals surface area contributed by atoms with E-state index in [1.807, 2.05) is 19.9 Å². The van der Waals surface area contributed by atoms with Gasteiger partial charge in [0.2, 0.25) is 0 Å². The fraction of sp³-hybridized carbons (Fsp3) is 0.200. The summed E-state index contributed by atoms with van der Waals surface area (Å²) in [6.45, 7) is 7.18. The zero-order valence-corrected chi connectivity index (χ0v) is 11.7. The quantitative estimate of drug-likeness (QED) is 0.337. The van der Waals surface area contributed by atoms with Gasteiger partial charge in [0.15, 0.2) is 5.75 Å². The van der Waals surface area contributed by atoms with Crippen LogP contribution in [0.15, 0.2) is 40.9 Å². The summed E-state index contributed by atoms with van der Waals surface area (Å²) >= 11 is 0. The van der Waals surface area contributed by atoms with Crippen molar-refractivity contribution in [3.63, 3.8) is 0 Å². The molecule has 0 fully saturated rings. The van der Waals surface area contributed by atoms with Crippen LogP contribution in [0.1, 0.15) is 19.4 Å². The van der Waals surface area contributed by atoms with Crippen molar-refractivity contribution in [3.05, 3.63) is 42.1 Å². The number of phenolic OH excluding ortho intramolecular Hbond substituents is 1. The smallest absolute Gasteiger partial charge is 0.314 e. The second-order valence-corrected chi connectivity index (χ2v) is 4.75. The second-order valence-electron chi connectivity index (χ2n) is 4.75. The van der Waals surface area contributed by atoms with Gasteiger partial charge in [-0.05, 0) is 26.8 Å². The Morgan fingerprint density at radius 3 is 2.71 bits per heavy atom. The largest absolute Gasteiger partial charge is 0.507 e. The SMILES string of the molecule is C=C(OO)Oc1cc2occ(O)c2c(O)c1CC=C(C)C. The van der Waals surface area contributed by atoms with Crippen LogP contribution in [0.25, 0.3) is 11.0 Å². The minimum absolute atomic E-state index is 0.156. The lowest BCUT2D eigenvalue weighted by atomic mass is 10.0. The maximum Gasteiger partial charge on any atom is 0.314 e. The Morgan fingerprint density at radius 1 is 1.38 bits per heavy atom.